The monoisotopic (exact) mass is 300 g/mol. The highest BCUT2D eigenvalue weighted by molar-refractivity contribution is 6.30. The smallest absolute Gasteiger partial charge is 0.314 e. The molecule has 7 heteroatoms. The molecule has 0 saturated carbocycles. The fourth-order valence-corrected chi connectivity index (χ4v) is 2.11. The summed E-state index contributed by atoms with van der Waals surface area (Å²) < 4.78 is 37.9. The molecule has 1 atom stereocenters. The van der Waals surface area contributed by atoms with Gasteiger partial charge >= 0.3 is 6.18 Å². The molecule has 102 valence electrons. The van der Waals surface area contributed by atoms with Crippen molar-refractivity contribution in [2.24, 2.45) is 0 Å². The molecule has 0 aromatic heterocycles. The summed E-state index contributed by atoms with van der Waals surface area (Å²) in [6.45, 7) is 2.17. The van der Waals surface area contributed by atoms with Gasteiger partial charge in [0.1, 0.15) is 0 Å². The van der Waals surface area contributed by atoms with Gasteiger partial charge in [-0.25, -0.2) is 0 Å². The molecular formula is C11H13Cl2F3N2. The quantitative estimate of drug-likeness (QED) is 0.833. The molecular weight excluding hydrogens is 288 g/mol. The van der Waals surface area contributed by atoms with Crippen molar-refractivity contribution in [3.05, 3.63) is 34.3 Å². The van der Waals surface area contributed by atoms with Gasteiger partial charge in [0.25, 0.3) is 0 Å². The van der Waals surface area contributed by atoms with E-state index in [9.17, 15) is 13.2 Å². The number of nitrogens with one attached hydrogen (secondary N) is 2. The van der Waals surface area contributed by atoms with Crippen molar-refractivity contribution >= 4 is 24.0 Å². The van der Waals surface area contributed by atoms with Crippen molar-refractivity contribution in [3.63, 3.8) is 0 Å². The average molecular weight is 301 g/mol. The molecule has 1 aromatic carbocycles. The first-order valence-electron chi connectivity index (χ1n) is 5.28. The van der Waals surface area contributed by atoms with Gasteiger partial charge in [0, 0.05) is 30.7 Å². The molecule has 1 aliphatic rings. The van der Waals surface area contributed by atoms with Crippen LogP contribution in [0.25, 0.3) is 0 Å². The maximum Gasteiger partial charge on any atom is 0.416 e. The lowest BCUT2D eigenvalue weighted by Gasteiger charge is -2.25. The highest BCUT2D eigenvalue weighted by Crippen LogP contribution is 2.33. The Hall–Kier alpha value is -0.490. The van der Waals surface area contributed by atoms with Crippen LogP contribution in [0.2, 0.25) is 5.02 Å². The van der Waals surface area contributed by atoms with Gasteiger partial charge in [0.15, 0.2) is 0 Å². The van der Waals surface area contributed by atoms with Crippen molar-refractivity contribution in [2.45, 2.75) is 12.2 Å². The van der Waals surface area contributed by atoms with Gasteiger partial charge in [0.05, 0.1) is 5.56 Å². The summed E-state index contributed by atoms with van der Waals surface area (Å²) in [7, 11) is 0. The van der Waals surface area contributed by atoms with Gasteiger partial charge in [-0.1, -0.05) is 11.6 Å². The fourth-order valence-electron chi connectivity index (χ4n) is 1.87. The standard InChI is InChI=1S/C11H12ClF3N2.ClH/c12-9-4-7(10-6-16-1-2-17-10)3-8(5-9)11(13,14)15;/h3-5,10,16-17H,1-2,6H2;1H/t10-;/m1./s1. The zero-order valence-electron chi connectivity index (χ0n) is 9.35. The molecule has 18 heavy (non-hydrogen) atoms. The summed E-state index contributed by atoms with van der Waals surface area (Å²) in [5, 5.41) is 6.39. The second-order valence-corrected chi connectivity index (χ2v) is 4.42. The van der Waals surface area contributed by atoms with Gasteiger partial charge in [-0.15, -0.1) is 12.4 Å². The number of benzene rings is 1. The molecule has 2 rings (SSSR count). The van der Waals surface area contributed by atoms with Crippen molar-refractivity contribution in [1.29, 1.82) is 0 Å². The van der Waals surface area contributed by atoms with E-state index in [1.807, 2.05) is 0 Å². The first kappa shape index (κ1) is 15.6. The molecule has 2 N–H and O–H groups in total. The Morgan fingerprint density at radius 1 is 1.17 bits per heavy atom. The van der Waals surface area contributed by atoms with E-state index in [1.165, 1.54) is 0 Å². The summed E-state index contributed by atoms with van der Waals surface area (Å²) >= 11 is 5.73. The lowest BCUT2D eigenvalue weighted by Crippen LogP contribution is -2.42. The van der Waals surface area contributed by atoms with E-state index >= 15 is 0 Å². The minimum atomic E-state index is -4.36. The second-order valence-electron chi connectivity index (χ2n) is 3.98. The molecule has 0 unspecified atom stereocenters. The van der Waals surface area contributed by atoms with Crippen LogP contribution in [0.4, 0.5) is 13.2 Å². The SMILES string of the molecule is Cl.FC(F)(F)c1cc(Cl)cc([C@H]2CNCCN2)c1. The van der Waals surface area contributed by atoms with E-state index in [-0.39, 0.29) is 23.5 Å². The summed E-state index contributed by atoms with van der Waals surface area (Å²) in [6.07, 6.45) is -4.36. The minimum Gasteiger partial charge on any atom is -0.314 e. The van der Waals surface area contributed by atoms with Crippen LogP contribution in [-0.4, -0.2) is 19.6 Å². The van der Waals surface area contributed by atoms with E-state index in [2.05, 4.69) is 10.6 Å². The van der Waals surface area contributed by atoms with Gasteiger partial charge in [-0.2, -0.15) is 13.2 Å². The third-order valence-electron chi connectivity index (χ3n) is 2.69. The first-order chi connectivity index (χ1) is 7.97. The lowest BCUT2D eigenvalue weighted by molar-refractivity contribution is -0.137. The van der Waals surface area contributed by atoms with Gasteiger partial charge in [-0.05, 0) is 23.8 Å². The topological polar surface area (TPSA) is 24.1 Å². The molecule has 1 aliphatic heterocycles. The minimum absolute atomic E-state index is 0. The van der Waals surface area contributed by atoms with Crippen molar-refractivity contribution in [2.75, 3.05) is 19.6 Å². The summed E-state index contributed by atoms with van der Waals surface area (Å²) in [4.78, 5) is 0. The van der Waals surface area contributed by atoms with E-state index < -0.39 is 11.7 Å². The first-order valence-corrected chi connectivity index (χ1v) is 5.66. The number of hydrogen-bond donors (Lipinski definition) is 2. The van der Waals surface area contributed by atoms with Gasteiger partial charge in [0.2, 0.25) is 0 Å². The molecule has 0 bridgehead atoms. The Morgan fingerprint density at radius 3 is 2.44 bits per heavy atom. The van der Waals surface area contributed by atoms with E-state index in [4.69, 9.17) is 11.6 Å². The van der Waals surface area contributed by atoms with Crippen LogP contribution in [0.15, 0.2) is 18.2 Å². The van der Waals surface area contributed by atoms with Crippen LogP contribution in [0.1, 0.15) is 17.2 Å². The van der Waals surface area contributed by atoms with Crippen LogP contribution in [0, 0.1) is 0 Å². The highest BCUT2D eigenvalue weighted by atomic mass is 35.5. The highest BCUT2D eigenvalue weighted by Gasteiger charge is 2.31. The Balaban J connectivity index is 0.00000162. The summed E-state index contributed by atoms with van der Waals surface area (Å²) in [5.41, 5.74) is -0.135. The molecule has 0 spiro atoms. The maximum atomic E-state index is 12.6. The predicted molar refractivity (Wildman–Crippen MR) is 67.3 cm³/mol. The van der Waals surface area contributed by atoms with Crippen LogP contribution < -0.4 is 10.6 Å². The van der Waals surface area contributed by atoms with Crippen LogP contribution in [0.3, 0.4) is 0 Å². The second kappa shape index (κ2) is 6.10. The number of halogens is 5. The van der Waals surface area contributed by atoms with E-state index in [0.29, 0.717) is 12.1 Å². The van der Waals surface area contributed by atoms with E-state index in [0.717, 1.165) is 25.2 Å². The normalized spacial score (nSPS) is 20.3. The Bertz CT molecular complexity index is 404. The third-order valence-corrected chi connectivity index (χ3v) is 2.91. The largest absolute Gasteiger partial charge is 0.416 e. The molecule has 0 amide bonds. The Morgan fingerprint density at radius 2 is 1.89 bits per heavy atom. The summed E-state index contributed by atoms with van der Waals surface area (Å²) in [5.74, 6) is 0. The third kappa shape index (κ3) is 3.75. The van der Waals surface area contributed by atoms with Crippen molar-refractivity contribution < 1.29 is 13.2 Å². The van der Waals surface area contributed by atoms with Crippen molar-refractivity contribution in [1.82, 2.24) is 10.6 Å². The molecule has 2 nitrogen and oxygen atoms in total. The van der Waals surface area contributed by atoms with Crippen LogP contribution in [0.5, 0.6) is 0 Å². The van der Waals surface area contributed by atoms with E-state index in [1.54, 1.807) is 6.07 Å². The average Bonchev–Trinajstić information content (AvgIpc) is 2.28. The predicted octanol–water partition coefficient (Wildman–Crippen LogP) is 3.01. The maximum absolute atomic E-state index is 12.6. The van der Waals surface area contributed by atoms with Crippen LogP contribution in [-0.2, 0) is 6.18 Å². The lowest BCUT2D eigenvalue weighted by atomic mass is 10.0. The van der Waals surface area contributed by atoms with Gasteiger partial charge in [-0.3, -0.25) is 0 Å². The molecule has 0 radical (unpaired) electrons. The fraction of sp³-hybridized carbons (Fsp3) is 0.455. The number of alkyl halides is 3. The molecule has 1 saturated heterocycles. The Kier molecular flexibility index (Phi) is 5.28. The zero-order chi connectivity index (χ0) is 12.5. The number of hydrogen-bond acceptors (Lipinski definition) is 2. The van der Waals surface area contributed by atoms with Crippen LogP contribution >= 0.6 is 24.0 Å². The molecule has 0 aliphatic carbocycles. The number of rotatable bonds is 1. The summed E-state index contributed by atoms with van der Waals surface area (Å²) in [6, 6.07) is 3.54. The van der Waals surface area contributed by atoms with Crippen molar-refractivity contribution in [3.8, 4) is 0 Å². The zero-order valence-corrected chi connectivity index (χ0v) is 10.9. The molecule has 1 aromatic rings. The van der Waals surface area contributed by atoms with Gasteiger partial charge < -0.3 is 10.6 Å². The molecule has 1 fully saturated rings. The number of piperazine rings is 1. The Labute approximate surface area is 114 Å². The molecule has 1 heterocycles.